The first-order chi connectivity index (χ1) is 18.1. The third-order valence-electron chi connectivity index (χ3n) is 6.91. The number of amides is 1. The van der Waals surface area contributed by atoms with Crippen LogP contribution in [0.5, 0.6) is 11.5 Å². The number of carbonyl (C=O) groups excluding carboxylic acids is 1. The molecule has 0 atom stereocenters. The van der Waals surface area contributed by atoms with E-state index in [1.165, 1.54) is 18.2 Å². The second-order valence-electron chi connectivity index (χ2n) is 9.48. The number of piperidine rings is 1. The van der Waals surface area contributed by atoms with Crippen molar-refractivity contribution in [1.82, 2.24) is 15.2 Å². The number of benzene rings is 2. The van der Waals surface area contributed by atoms with Crippen molar-refractivity contribution in [2.75, 3.05) is 19.9 Å². The minimum absolute atomic E-state index is 0.0212. The number of hydrogen-bond acceptors (Lipinski definition) is 6. The molecule has 0 spiro atoms. The highest BCUT2D eigenvalue weighted by Gasteiger charge is 2.37. The fraction of sp³-hybridized carbons (Fsp3) is 0.333. The van der Waals surface area contributed by atoms with Crippen molar-refractivity contribution in [3.63, 3.8) is 0 Å². The fourth-order valence-electron chi connectivity index (χ4n) is 4.71. The Morgan fingerprint density at radius 1 is 1.05 bits per heavy atom. The standard InChI is InChI=1S/C27H26F3N3O5/c28-27(29,30)19-3-1-2-18(13-19)26(36)8-10-33(11-9-26)15-20-5-6-21(25(35)32-20)24(34)31-14-17-4-7-22-23(12-17)38-16-37-22/h1-7,12-13,36H,8-11,14-16H2,(H,31,34)(H,32,35). The number of pyridine rings is 1. The van der Waals surface area contributed by atoms with Gasteiger partial charge in [-0.05, 0) is 60.4 Å². The molecule has 0 unspecified atom stereocenters. The molecule has 2 aliphatic heterocycles. The van der Waals surface area contributed by atoms with Crippen LogP contribution in [0, 0.1) is 0 Å². The van der Waals surface area contributed by atoms with Gasteiger partial charge in [0.05, 0.1) is 11.2 Å². The van der Waals surface area contributed by atoms with Gasteiger partial charge < -0.3 is 24.9 Å². The minimum Gasteiger partial charge on any atom is -0.454 e. The van der Waals surface area contributed by atoms with Gasteiger partial charge in [-0.2, -0.15) is 13.2 Å². The van der Waals surface area contributed by atoms with Crippen LogP contribution >= 0.6 is 0 Å². The minimum atomic E-state index is -4.48. The molecule has 38 heavy (non-hydrogen) atoms. The number of carbonyl (C=O) groups is 1. The van der Waals surface area contributed by atoms with E-state index >= 15 is 0 Å². The summed E-state index contributed by atoms with van der Waals surface area (Å²) in [5, 5.41) is 13.7. The van der Waals surface area contributed by atoms with Crippen LogP contribution in [0.25, 0.3) is 0 Å². The van der Waals surface area contributed by atoms with Crippen LogP contribution in [0.15, 0.2) is 59.4 Å². The summed E-state index contributed by atoms with van der Waals surface area (Å²) in [5.74, 6) is 0.727. The van der Waals surface area contributed by atoms with E-state index in [1.807, 2.05) is 4.90 Å². The number of likely N-dealkylation sites (tertiary alicyclic amines) is 1. The maximum Gasteiger partial charge on any atom is 0.416 e. The van der Waals surface area contributed by atoms with Crippen molar-refractivity contribution in [3.05, 3.63) is 92.9 Å². The van der Waals surface area contributed by atoms with E-state index in [0.717, 1.165) is 17.7 Å². The SMILES string of the molecule is O=C(NCc1ccc2c(c1)OCO2)c1ccc(CN2CCC(O)(c3cccc(C(F)(F)F)c3)CC2)[nH]c1=O. The van der Waals surface area contributed by atoms with Gasteiger partial charge in [-0.3, -0.25) is 14.5 Å². The molecular formula is C27H26F3N3O5. The highest BCUT2D eigenvalue weighted by Crippen LogP contribution is 2.37. The van der Waals surface area contributed by atoms with Crippen LogP contribution in [-0.2, 0) is 24.9 Å². The molecule has 3 N–H and O–H groups in total. The maximum atomic E-state index is 13.1. The largest absolute Gasteiger partial charge is 0.454 e. The quantitative estimate of drug-likeness (QED) is 0.452. The van der Waals surface area contributed by atoms with Crippen LogP contribution in [0.2, 0.25) is 0 Å². The van der Waals surface area contributed by atoms with Crippen molar-refractivity contribution < 1.29 is 32.5 Å². The molecule has 0 radical (unpaired) electrons. The number of halogens is 3. The fourth-order valence-corrected chi connectivity index (χ4v) is 4.71. The van der Waals surface area contributed by atoms with E-state index in [-0.39, 0.29) is 37.3 Å². The summed E-state index contributed by atoms with van der Waals surface area (Å²) in [6.07, 6.45) is -3.98. The molecule has 2 aromatic carbocycles. The van der Waals surface area contributed by atoms with Crippen molar-refractivity contribution in [2.45, 2.75) is 37.7 Å². The Bertz CT molecular complexity index is 1400. The molecule has 0 aliphatic carbocycles. The number of rotatable bonds is 6. The highest BCUT2D eigenvalue weighted by molar-refractivity contribution is 5.93. The Balaban J connectivity index is 1.17. The lowest BCUT2D eigenvalue weighted by molar-refractivity contribution is -0.137. The number of H-pyrrole nitrogens is 1. The topological polar surface area (TPSA) is 104 Å². The maximum absolute atomic E-state index is 13.1. The molecule has 3 aromatic rings. The molecule has 11 heteroatoms. The zero-order valence-corrected chi connectivity index (χ0v) is 20.3. The Kier molecular flexibility index (Phi) is 6.89. The molecule has 8 nitrogen and oxygen atoms in total. The van der Waals surface area contributed by atoms with E-state index in [0.29, 0.717) is 36.8 Å². The molecular weight excluding hydrogens is 503 g/mol. The lowest BCUT2D eigenvalue weighted by Crippen LogP contribution is -2.42. The van der Waals surface area contributed by atoms with Gasteiger partial charge in [-0.15, -0.1) is 0 Å². The number of nitrogens with one attached hydrogen (secondary N) is 2. The summed E-state index contributed by atoms with van der Waals surface area (Å²) in [6, 6.07) is 13.3. The number of aromatic amines is 1. The second kappa shape index (κ2) is 10.1. The molecule has 1 aromatic heterocycles. The summed E-state index contributed by atoms with van der Waals surface area (Å²) in [4.78, 5) is 29.9. The molecule has 5 rings (SSSR count). The normalized spacial score (nSPS) is 16.8. The molecule has 0 saturated carbocycles. The Hall–Kier alpha value is -3.83. The van der Waals surface area contributed by atoms with Gasteiger partial charge in [0, 0.05) is 31.9 Å². The molecule has 200 valence electrons. The molecule has 2 aliphatic rings. The third kappa shape index (κ3) is 5.53. The number of fused-ring (bicyclic) bond motifs is 1. The van der Waals surface area contributed by atoms with E-state index < -0.39 is 28.8 Å². The van der Waals surface area contributed by atoms with E-state index in [4.69, 9.17) is 9.47 Å². The van der Waals surface area contributed by atoms with Gasteiger partial charge in [0.1, 0.15) is 5.56 Å². The monoisotopic (exact) mass is 529 g/mol. The van der Waals surface area contributed by atoms with E-state index in [9.17, 15) is 27.9 Å². The summed E-state index contributed by atoms with van der Waals surface area (Å²) in [6.45, 7) is 1.58. The van der Waals surface area contributed by atoms with Crippen LogP contribution in [0.3, 0.4) is 0 Å². The molecule has 3 heterocycles. The smallest absolute Gasteiger partial charge is 0.416 e. The van der Waals surface area contributed by atoms with Crippen molar-refractivity contribution in [1.29, 1.82) is 0 Å². The first-order valence-corrected chi connectivity index (χ1v) is 12.1. The molecule has 1 fully saturated rings. The number of nitrogens with zero attached hydrogens (tertiary/aromatic N) is 1. The van der Waals surface area contributed by atoms with Gasteiger partial charge in [-0.25, -0.2) is 0 Å². The van der Waals surface area contributed by atoms with Gasteiger partial charge in [0.15, 0.2) is 11.5 Å². The van der Waals surface area contributed by atoms with Crippen molar-refractivity contribution in [3.8, 4) is 11.5 Å². The highest BCUT2D eigenvalue weighted by atomic mass is 19.4. The summed E-state index contributed by atoms with van der Waals surface area (Å²) < 4.78 is 49.9. The number of ether oxygens (including phenoxy) is 2. The average molecular weight is 530 g/mol. The molecule has 1 saturated heterocycles. The summed E-state index contributed by atoms with van der Waals surface area (Å²) in [7, 11) is 0. The van der Waals surface area contributed by atoms with Crippen molar-refractivity contribution >= 4 is 5.91 Å². The third-order valence-corrected chi connectivity index (χ3v) is 6.91. The van der Waals surface area contributed by atoms with Gasteiger partial charge in [0.25, 0.3) is 11.5 Å². The Labute approximate surface area is 216 Å². The predicted octanol–water partition coefficient (Wildman–Crippen LogP) is 3.54. The van der Waals surface area contributed by atoms with Crippen molar-refractivity contribution in [2.24, 2.45) is 0 Å². The average Bonchev–Trinajstić information content (AvgIpc) is 3.36. The Morgan fingerprint density at radius 3 is 2.55 bits per heavy atom. The lowest BCUT2D eigenvalue weighted by atomic mass is 9.83. The predicted molar refractivity (Wildman–Crippen MR) is 131 cm³/mol. The number of alkyl halides is 3. The lowest BCUT2D eigenvalue weighted by Gasteiger charge is -2.38. The van der Waals surface area contributed by atoms with Gasteiger partial charge in [0.2, 0.25) is 6.79 Å². The number of hydrogen-bond donors (Lipinski definition) is 3. The van der Waals surface area contributed by atoms with Crippen LogP contribution < -0.4 is 20.3 Å². The zero-order chi connectivity index (χ0) is 26.9. The first-order valence-electron chi connectivity index (χ1n) is 12.1. The van der Waals surface area contributed by atoms with Crippen LogP contribution in [0.1, 0.15) is 45.6 Å². The number of aliphatic hydroxyl groups is 1. The molecule has 1 amide bonds. The first kappa shape index (κ1) is 25.8. The summed E-state index contributed by atoms with van der Waals surface area (Å²) >= 11 is 0. The Morgan fingerprint density at radius 2 is 1.82 bits per heavy atom. The van der Waals surface area contributed by atoms with E-state index in [2.05, 4.69) is 10.3 Å². The van der Waals surface area contributed by atoms with Crippen LogP contribution in [-0.4, -0.2) is 40.8 Å². The van der Waals surface area contributed by atoms with Gasteiger partial charge in [-0.1, -0.05) is 18.2 Å². The second-order valence-corrected chi connectivity index (χ2v) is 9.48. The van der Waals surface area contributed by atoms with E-state index in [1.54, 1.807) is 24.3 Å². The van der Waals surface area contributed by atoms with Gasteiger partial charge >= 0.3 is 6.18 Å². The van der Waals surface area contributed by atoms with Crippen LogP contribution in [0.4, 0.5) is 13.2 Å². The molecule has 0 bridgehead atoms. The number of aromatic nitrogens is 1. The zero-order valence-electron chi connectivity index (χ0n) is 20.3. The summed E-state index contributed by atoms with van der Waals surface area (Å²) in [5.41, 5.74) is -1.06.